The fourth-order valence-corrected chi connectivity index (χ4v) is 1.37. The minimum Gasteiger partial charge on any atom is -0.210 e. The van der Waals surface area contributed by atoms with E-state index in [0.29, 0.717) is 0 Å². The van der Waals surface area contributed by atoms with Gasteiger partial charge >= 0.3 is 0 Å². The molecular weight excluding hydrogens is 170 g/mol. The van der Waals surface area contributed by atoms with Crippen LogP contribution in [0.1, 0.15) is 17.7 Å². The highest BCUT2D eigenvalue weighted by molar-refractivity contribution is 7.98. The molecule has 0 aliphatic carbocycles. The molecule has 1 atom stereocenters. The third kappa shape index (κ3) is 2.53. The number of nitrogens with zero attached hydrogens (tertiary/aromatic N) is 1. The molecule has 1 unspecified atom stereocenters. The molecule has 12 heavy (non-hydrogen) atoms. The largest absolute Gasteiger partial charge is 0.247 e. The summed E-state index contributed by atoms with van der Waals surface area (Å²) in [5, 5.41) is 0.215. The molecule has 1 rings (SSSR count). The van der Waals surface area contributed by atoms with Gasteiger partial charge in [-0.25, -0.2) is 4.79 Å². The SMILES string of the molecule is CC(SN=C=O)c1ccccc1. The van der Waals surface area contributed by atoms with Crippen LogP contribution in [0.15, 0.2) is 34.7 Å². The van der Waals surface area contributed by atoms with Crippen molar-refractivity contribution in [1.29, 1.82) is 0 Å². The Bertz CT molecular complexity index is 280. The lowest BCUT2D eigenvalue weighted by atomic mass is 10.2. The standard InChI is InChI=1S/C9H9NOS/c1-8(12-10-7-11)9-5-3-2-4-6-9/h2-6,8H,1H3. The van der Waals surface area contributed by atoms with Crippen LogP contribution in [0, 0.1) is 0 Å². The van der Waals surface area contributed by atoms with Crippen molar-refractivity contribution in [3.05, 3.63) is 35.9 Å². The average molecular weight is 179 g/mol. The van der Waals surface area contributed by atoms with E-state index in [1.807, 2.05) is 37.3 Å². The maximum absolute atomic E-state index is 9.83. The van der Waals surface area contributed by atoms with Gasteiger partial charge in [-0.2, -0.15) is 0 Å². The molecule has 0 spiro atoms. The van der Waals surface area contributed by atoms with E-state index in [2.05, 4.69) is 4.40 Å². The van der Waals surface area contributed by atoms with Gasteiger partial charge in [0.2, 0.25) is 6.08 Å². The lowest BCUT2D eigenvalue weighted by molar-refractivity contribution is 0.566. The van der Waals surface area contributed by atoms with Gasteiger partial charge in [0.1, 0.15) is 0 Å². The van der Waals surface area contributed by atoms with E-state index < -0.39 is 0 Å². The molecule has 3 heteroatoms. The van der Waals surface area contributed by atoms with Gasteiger partial charge in [-0.3, -0.25) is 0 Å². The smallest absolute Gasteiger partial charge is 0.210 e. The maximum atomic E-state index is 9.83. The predicted molar refractivity (Wildman–Crippen MR) is 50.6 cm³/mol. The van der Waals surface area contributed by atoms with E-state index in [9.17, 15) is 4.79 Å². The van der Waals surface area contributed by atoms with Crippen molar-refractivity contribution in [2.24, 2.45) is 4.40 Å². The average Bonchev–Trinajstić information content (AvgIpc) is 2.15. The zero-order chi connectivity index (χ0) is 8.81. The van der Waals surface area contributed by atoms with E-state index in [-0.39, 0.29) is 5.25 Å². The summed E-state index contributed by atoms with van der Waals surface area (Å²) in [5.41, 5.74) is 1.17. The van der Waals surface area contributed by atoms with Gasteiger partial charge < -0.3 is 0 Å². The molecule has 1 aromatic rings. The predicted octanol–water partition coefficient (Wildman–Crippen LogP) is 2.73. The molecular formula is C9H9NOS. The van der Waals surface area contributed by atoms with Crippen LogP contribution in [0.5, 0.6) is 0 Å². The first-order valence-electron chi connectivity index (χ1n) is 3.62. The summed E-state index contributed by atoms with van der Waals surface area (Å²) < 4.78 is 3.46. The fourth-order valence-electron chi connectivity index (χ4n) is 0.885. The van der Waals surface area contributed by atoms with Gasteiger partial charge in [-0.15, -0.1) is 4.40 Å². The number of isocyanates is 1. The summed E-state index contributed by atoms with van der Waals surface area (Å²) >= 11 is 1.23. The second-order valence-electron chi connectivity index (χ2n) is 2.34. The minimum absolute atomic E-state index is 0.215. The van der Waals surface area contributed by atoms with Crippen molar-refractivity contribution in [1.82, 2.24) is 0 Å². The van der Waals surface area contributed by atoms with Crippen molar-refractivity contribution in [3.8, 4) is 0 Å². The van der Waals surface area contributed by atoms with E-state index in [4.69, 9.17) is 0 Å². The lowest BCUT2D eigenvalue weighted by Gasteiger charge is -2.04. The zero-order valence-electron chi connectivity index (χ0n) is 6.73. The van der Waals surface area contributed by atoms with E-state index in [1.165, 1.54) is 23.6 Å². The van der Waals surface area contributed by atoms with Gasteiger partial charge in [-0.1, -0.05) is 30.3 Å². The van der Waals surface area contributed by atoms with Crippen LogP contribution in [-0.2, 0) is 4.79 Å². The molecule has 1 aromatic carbocycles. The fraction of sp³-hybridized carbons (Fsp3) is 0.222. The summed E-state index contributed by atoms with van der Waals surface area (Å²) in [5.74, 6) is 0. The van der Waals surface area contributed by atoms with Crippen LogP contribution < -0.4 is 0 Å². The molecule has 0 bridgehead atoms. The molecule has 0 saturated heterocycles. The highest BCUT2D eigenvalue weighted by Gasteiger charge is 2.03. The topological polar surface area (TPSA) is 29.4 Å². The number of carbonyl (C=O) groups excluding carboxylic acids is 1. The molecule has 0 aromatic heterocycles. The van der Waals surface area contributed by atoms with Gasteiger partial charge in [0, 0.05) is 5.25 Å². The van der Waals surface area contributed by atoms with Crippen LogP contribution >= 0.6 is 11.9 Å². The molecule has 0 heterocycles. The summed E-state index contributed by atoms with van der Waals surface area (Å²) in [6.45, 7) is 2.00. The first kappa shape index (κ1) is 9.04. The highest BCUT2D eigenvalue weighted by Crippen LogP contribution is 2.27. The van der Waals surface area contributed by atoms with Gasteiger partial charge in [-0.05, 0) is 24.4 Å². The van der Waals surface area contributed by atoms with Crippen molar-refractivity contribution >= 4 is 18.0 Å². The lowest BCUT2D eigenvalue weighted by Crippen LogP contribution is -1.84. The second kappa shape index (κ2) is 4.75. The first-order valence-corrected chi connectivity index (χ1v) is 4.46. The molecule has 0 aliphatic rings. The normalized spacial score (nSPS) is 11.8. The molecule has 62 valence electrons. The van der Waals surface area contributed by atoms with E-state index in [1.54, 1.807) is 0 Å². The summed E-state index contributed by atoms with van der Waals surface area (Å²) in [4.78, 5) is 9.83. The van der Waals surface area contributed by atoms with Gasteiger partial charge in [0.15, 0.2) is 0 Å². The van der Waals surface area contributed by atoms with Crippen LogP contribution in [0.2, 0.25) is 0 Å². The van der Waals surface area contributed by atoms with Crippen LogP contribution in [0.25, 0.3) is 0 Å². The first-order chi connectivity index (χ1) is 5.84. The van der Waals surface area contributed by atoms with E-state index >= 15 is 0 Å². The number of hydrogen-bond acceptors (Lipinski definition) is 3. The Kier molecular flexibility index (Phi) is 3.58. The van der Waals surface area contributed by atoms with Crippen LogP contribution in [0.4, 0.5) is 0 Å². The zero-order valence-corrected chi connectivity index (χ0v) is 7.54. The number of rotatable bonds is 3. The monoisotopic (exact) mass is 179 g/mol. The van der Waals surface area contributed by atoms with Crippen molar-refractivity contribution in [2.45, 2.75) is 12.2 Å². The molecule has 0 aliphatic heterocycles. The Morgan fingerprint density at radius 3 is 2.67 bits per heavy atom. The van der Waals surface area contributed by atoms with E-state index in [0.717, 1.165) is 0 Å². The summed E-state index contributed by atoms with van der Waals surface area (Å²) in [6, 6.07) is 9.92. The molecule has 2 nitrogen and oxygen atoms in total. The maximum Gasteiger partial charge on any atom is 0.247 e. The molecule has 0 fully saturated rings. The molecule has 0 amide bonds. The Hall–Kier alpha value is -1.05. The van der Waals surface area contributed by atoms with Crippen molar-refractivity contribution in [3.63, 3.8) is 0 Å². The third-order valence-corrected chi connectivity index (χ3v) is 2.29. The number of benzene rings is 1. The highest BCUT2D eigenvalue weighted by atomic mass is 32.2. The second-order valence-corrected chi connectivity index (χ2v) is 3.44. The Morgan fingerprint density at radius 1 is 1.42 bits per heavy atom. The quantitative estimate of drug-likeness (QED) is 0.405. The number of hydrogen-bond donors (Lipinski definition) is 0. The van der Waals surface area contributed by atoms with Crippen LogP contribution in [0.3, 0.4) is 0 Å². The Balaban J connectivity index is 2.65. The third-order valence-electron chi connectivity index (χ3n) is 1.52. The molecule has 0 radical (unpaired) electrons. The van der Waals surface area contributed by atoms with Gasteiger partial charge in [0.25, 0.3) is 0 Å². The Labute approximate surface area is 75.8 Å². The summed E-state index contributed by atoms with van der Waals surface area (Å²) in [6.07, 6.45) is 1.51. The van der Waals surface area contributed by atoms with Crippen LogP contribution in [-0.4, -0.2) is 6.08 Å². The summed E-state index contributed by atoms with van der Waals surface area (Å²) in [7, 11) is 0. The Morgan fingerprint density at radius 2 is 2.08 bits per heavy atom. The molecule has 0 N–H and O–H groups in total. The molecule has 0 saturated carbocycles. The minimum atomic E-state index is 0.215. The van der Waals surface area contributed by atoms with Crippen molar-refractivity contribution in [2.75, 3.05) is 0 Å². The van der Waals surface area contributed by atoms with Gasteiger partial charge in [0.05, 0.1) is 0 Å². The van der Waals surface area contributed by atoms with Crippen molar-refractivity contribution < 1.29 is 4.79 Å².